The summed E-state index contributed by atoms with van der Waals surface area (Å²) in [6.45, 7) is 3.86. The van der Waals surface area contributed by atoms with Crippen molar-refractivity contribution in [2.75, 3.05) is 5.33 Å². The van der Waals surface area contributed by atoms with Crippen molar-refractivity contribution >= 4 is 38.7 Å². The van der Waals surface area contributed by atoms with E-state index < -0.39 is 0 Å². The van der Waals surface area contributed by atoms with Gasteiger partial charge in [-0.05, 0) is 25.0 Å². The van der Waals surface area contributed by atoms with Gasteiger partial charge in [0.2, 0.25) is 0 Å². The van der Waals surface area contributed by atoms with Crippen LogP contribution in [0.25, 0.3) is 0 Å². The first-order chi connectivity index (χ1) is 5.65. The average molecular weight is 309 g/mol. The van der Waals surface area contributed by atoms with E-state index in [1.807, 2.05) is 19.9 Å². The van der Waals surface area contributed by atoms with E-state index >= 15 is 0 Å². The van der Waals surface area contributed by atoms with E-state index in [-0.39, 0.29) is 22.8 Å². The second-order valence-corrected chi connectivity index (χ2v) is 3.30. The van der Waals surface area contributed by atoms with Crippen molar-refractivity contribution in [1.82, 2.24) is 4.98 Å². The molecule has 4 heteroatoms. The summed E-state index contributed by atoms with van der Waals surface area (Å²) in [4.78, 5) is 15.3. The van der Waals surface area contributed by atoms with E-state index in [1.165, 1.54) is 0 Å². The van der Waals surface area contributed by atoms with E-state index in [2.05, 4.69) is 20.9 Å². The number of alkyl halides is 1. The molecule has 1 aromatic heterocycles. The third-order valence-electron chi connectivity index (χ3n) is 1.60. The number of carbonyl (C=O) groups is 1. The highest BCUT2D eigenvalue weighted by molar-refractivity contribution is 9.09. The average Bonchev–Trinajstić information content (AvgIpc) is 2.03. The highest BCUT2D eigenvalue weighted by Gasteiger charge is 2.08. The smallest absolute Gasteiger partial charge is 0.191 e. The van der Waals surface area contributed by atoms with Crippen LogP contribution in [-0.2, 0) is 0 Å². The van der Waals surface area contributed by atoms with Crippen LogP contribution in [0, 0.1) is 13.8 Å². The second-order valence-electron chi connectivity index (χ2n) is 2.73. The number of hydrogen-bond acceptors (Lipinski definition) is 2. The third-order valence-corrected chi connectivity index (χ3v) is 2.11. The Labute approximate surface area is 96.7 Å². The minimum atomic E-state index is 0. The molecule has 1 rings (SSSR count). The first-order valence-electron chi connectivity index (χ1n) is 3.67. The number of halogens is 2. The minimum absolute atomic E-state index is 0. The molecule has 2 nitrogen and oxygen atoms in total. The maximum absolute atomic E-state index is 11.2. The van der Waals surface area contributed by atoms with Crippen molar-refractivity contribution < 1.29 is 4.79 Å². The summed E-state index contributed by atoms with van der Waals surface area (Å²) in [7, 11) is 0. The zero-order valence-corrected chi connectivity index (χ0v) is 10.8. The molecule has 0 atom stereocenters. The Hall–Kier alpha value is -0.220. The molecule has 0 saturated carbocycles. The number of carbonyl (C=O) groups excluding carboxylic acids is 1. The SMILES string of the molecule is Br.Cc1cnc(C(=O)CBr)c(C)c1. The van der Waals surface area contributed by atoms with Crippen molar-refractivity contribution in [3.63, 3.8) is 0 Å². The summed E-state index contributed by atoms with van der Waals surface area (Å²) in [5.74, 6) is 0.0347. The van der Waals surface area contributed by atoms with Gasteiger partial charge in [-0.2, -0.15) is 0 Å². The van der Waals surface area contributed by atoms with Gasteiger partial charge in [0.15, 0.2) is 5.78 Å². The topological polar surface area (TPSA) is 30.0 Å². The summed E-state index contributed by atoms with van der Waals surface area (Å²) in [5, 5.41) is 0.337. The Kier molecular flexibility index (Phi) is 5.40. The number of hydrogen-bond donors (Lipinski definition) is 0. The van der Waals surface area contributed by atoms with Gasteiger partial charge in [0, 0.05) is 6.20 Å². The lowest BCUT2D eigenvalue weighted by Crippen LogP contribution is -2.05. The van der Waals surface area contributed by atoms with Gasteiger partial charge < -0.3 is 0 Å². The lowest BCUT2D eigenvalue weighted by molar-refractivity contribution is 0.101. The minimum Gasteiger partial charge on any atom is -0.291 e. The number of aromatic nitrogens is 1. The van der Waals surface area contributed by atoms with Crippen LogP contribution in [0.15, 0.2) is 12.3 Å². The molecule has 1 heterocycles. The summed E-state index contributed by atoms with van der Waals surface area (Å²) >= 11 is 3.11. The van der Waals surface area contributed by atoms with E-state index in [9.17, 15) is 4.79 Å². The Morgan fingerprint density at radius 1 is 1.54 bits per heavy atom. The number of ketones is 1. The maximum atomic E-state index is 11.2. The molecule has 13 heavy (non-hydrogen) atoms. The molecule has 0 aromatic carbocycles. The first kappa shape index (κ1) is 12.8. The Morgan fingerprint density at radius 3 is 2.62 bits per heavy atom. The van der Waals surface area contributed by atoms with Crippen LogP contribution in [0.3, 0.4) is 0 Å². The van der Waals surface area contributed by atoms with Crippen molar-refractivity contribution in [1.29, 1.82) is 0 Å². The van der Waals surface area contributed by atoms with Crippen LogP contribution in [0.1, 0.15) is 21.6 Å². The van der Waals surface area contributed by atoms with Crippen LogP contribution in [0.4, 0.5) is 0 Å². The van der Waals surface area contributed by atoms with Gasteiger partial charge in [-0.3, -0.25) is 9.78 Å². The van der Waals surface area contributed by atoms with Crippen LogP contribution < -0.4 is 0 Å². The van der Waals surface area contributed by atoms with Crippen molar-refractivity contribution in [2.45, 2.75) is 13.8 Å². The van der Waals surface area contributed by atoms with Gasteiger partial charge in [0.05, 0.1) is 5.33 Å². The number of nitrogens with zero attached hydrogens (tertiary/aromatic N) is 1. The Bertz CT molecular complexity index is 312. The molecule has 72 valence electrons. The summed E-state index contributed by atoms with van der Waals surface area (Å²) < 4.78 is 0. The third kappa shape index (κ3) is 3.19. The highest BCUT2D eigenvalue weighted by Crippen LogP contribution is 2.08. The quantitative estimate of drug-likeness (QED) is 0.621. The van der Waals surface area contributed by atoms with E-state index in [0.29, 0.717) is 11.0 Å². The summed E-state index contributed by atoms with van der Waals surface area (Å²) in [6, 6.07) is 1.96. The van der Waals surface area contributed by atoms with Crippen LogP contribution in [0.2, 0.25) is 0 Å². The standard InChI is InChI=1S/C9H10BrNO.BrH/c1-6-3-7(2)9(11-5-6)8(12)4-10;/h3,5H,4H2,1-2H3;1H. The van der Waals surface area contributed by atoms with Crippen LogP contribution in [-0.4, -0.2) is 16.1 Å². The molecule has 0 N–H and O–H groups in total. The first-order valence-corrected chi connectivity index (χ1v) is 4.79. The van der Waals surface area contributed by atoms with Crippen molar-refractivity contribution in [3.8, 4) is 0 Å². The Morgan fingerprint density at radius 2 is 2.15 bits per heavy atom. The molecular weight excluding hydrogens is 298 g/mol. The second kappa shape index (κ2) is 5.50. The van der Waals surface area contributed by atoms with Gasteiger partial charge in [-0.25, -0.2) is 0 Å². The largest absolute Gasteiger partial charge is 0.291 e. The number of aryl methyl sites for hydroxylation is 2. The monoisotopic (exact) mass is 307 g/mol. The van der Waals surface area contributed by atoms with Crippen molar-refractivity contribution in [3.05, 3.63) is 29.1 Å². The number of pyridine rings is 1. The lowest BCUT2D eigenvalue weighted by atomic mass is 10.1. The molecule has 0 spiro atoms. The fourth-order valence-electron chi connectivity index (χ4n) is 1.07. The fraction of sp³-hybridized carbons (Fsp3) is 0.333. The fourth-order valence-corrected chi connectivity index (χ4v) is 1.34. The van der Waals surface area contributed by atoms with Crippen LogP contribution in [0.5, 0.6) is 0 Å². The molecule has 1 aromatic rings. The molecular formula is C9H11Br2NO. The molecule has 0 aliphatic rings. The number of Topliss-reactive ketones (excluding diaryl/α,β-unsaturated/α-hetero) is 1. The summed E-state index contributed by atoms with van der Waals surface area (Å²) in [5.41, 5.74) is 2.59. The van der Waals surface area contributed by atoms with Crippen LogP contribution >= 0.6 is 32.9 Å². The predicted molar refractivity (Wildman–Crippen MR) is 62.2 cm³/mol. The van der Waals surface area contributed by atoms with Gasteiger partial charge >= 0.3 is 0 Å². The molecule has 0 aliphatic carbocycles. The highest BCUT2D eigenvalue weighted by atomic mass is 79.9. The zero-order chi connectivity index (χ0) is 9.14. The molecule has 0 saturated heterocycles. The molecule has 0 fully saturated rings. The predicted octanol–water partition coefficient (Wildman–Crippen LogP) is 2.85. The van der Waals surface area contributed by atoms with Gasteiger partial charge in [0.25, 0.3) is 0 Å². The molecule has 0 radical (unpaired) electrons. The molecule has 0 amide bonds. The van der Waals surface area contributed by atoms with Gasteiger partial charge in [-0.15, -0.1) is 17.0 Å². The maximum Gasteiger partial charge on any atom is 0.191 e. The van der Waals surface area contributed by atoms with E-state index in [0.717, 1.165) is 11.1 Å². The van der Waals surface area contributed by atoms with E-state index in [1.54, 1.807) is 6.20 Å². The molecule has 0 unspecified atom stereocenters. The molecule has 0 aliphatic heterocycles. The van der Waals surface area contributed by atoms with Gasteiger partial charge in [-0.1, -0.05) is 22.0 Å². The molecule has 0 bridgehead atoms. The van der Waals surface area contributed by atoms with Gasteiger partial charge in [0.1, 0.15) is 5.69 Å². The lowest BCUT2D eigenvalue weighted by Gasteiger charge is -2.01. The zero-order valence-electron chi connectivity index (χ0n) is 7.50. The van der Waals surface area contributed by atoms with Crippen molar-refractivity contribution in [2.24, 2.45) is 0 Å². The summed E-state index contributed by atoms with van der Waals surface area (Å²) in [6.07, 6.45) is 1.71. The normalized spacial score (nSPS) is 9.15. The Balaban J connectivity index is 0.00000144. The van der Waals surface area contributed by atoms with E-state index in [4.69, 9.17) is 0 Å². The number of rotatable bonds is 2.